The monoisotopic (exact) mass is 389 g/mol. The van der Waals surface area contributed by atoms with Crippen LogP contribution in [0.1, 0.15) is 59.8 Å². The van der Waals surface area contributed by atoms with Crippen LogP contribution in [-0.2, 0) is 23.3 Å². The normalized spacial score (nSPS) is 22.1. The molecule has 2 radical (unpaired) electrons. The Morgan fingerprint density at radius 2 is 1.73 bits per heavy atom. The van der Waals surface area contributed by atoms with Gasteiger partial charge in [-0.1, -0.05) is 82.6 Å². The van der Waals surface area contributed by atoms with E-state index in [2.05, 4.69) is 58.9 Å². The van der Waals surface area contributed by atoms with Crippen LogP contribution in [0.3, 0.4) is 0 Å². The molecule has 0 aromatic heterocycles. The number of allylic oxidation sites excluding steroid dienone is 8. The fourth-order valence-corrected chi connectivity index (χ4v) is 3.66. The standard InChI is InChI=1S/C18H25.2CH3.Si.Zr/c1-5-14-13-18(8-4,15-11-9-10-12-15)17(7-3)16(14)6-2;;;;/h9-11H,5-8,12H2,1-4H3;2*1H3;;/q3*-1;;. The molecule has 0 aromatic rings. The van der Waals surface area contributed by atoms with Gasteiger partial charge in [0.05, 0.1) is 0 Å². The van der Waals surface area contributed by atoms with Crippen molar-refractivity contribution in [3.63, 3.8) is 0 Å². The van der Waals surface area contributed by atoms with E-state index in [1.54, 1.807) is 16.7 Å². The molecule has 122 valence electrons. The quantitative estimate of drug-likeness (QED) is 0.395. The summed E-state index contributed by atoms with van der Waals surface area (Å²) < 4.78 is 0. The molecule has 2 heteroatoms. The third-order valence-corrected chi connectivity index (χ3v) is 4.52. The van der Waals surface area contributed by atoms with Crippen LogP contribution in [0, 0.1) is 26.3 Å². The van der Waals surface area contributed by atoms with Gasteiger partial charge >= 0.3 is 30.2 Å². The van der Waals surface area contributed by atoms with Crippen molar-refractivity contribution in [1.82, 2.24) is 0 Å². The summed E-state index contributed by atoms with van der Waals surface area (Å²) in [6, 6.07) is 0. The first kappa shape index (κ1) is 24.3. The van der Waals surface area contributed by atoms with Crippen LogP contribution in [0.25, 0.3) is 0 Å². The first-order valence-electron chi connectivity index (χ1n) is 7.71. The summed E-state index contributed by atoms with van der Waals surface area (Å²) in [6.45, 7) is 12.2. The van der Waals surface area contributed by atoms with Crippen LogP contribution in [-0.4, -0.2) is 6.88 Å². The van der Waals surface area contributed by atoms with Gasteiger partial charge in [-0.15, -0.1) is 0 Å². The van der Waals surface area contributed by atoms with E-state index in [1.807, 2.05) is 0 Å². The molecule has 2 aliphatic rings. The van der Waals surface area contributed by atoms with Crippen LogP contribution in [0.15, 0.2) is 40.5 Å². The van der Waals surface area contributed by atoms with Gasteiger partial charge in [0.15, 0.2) is 0 Å². The summed E-state index contributed by atoms with van der Waals surface area (Å²) >= 11 is 1.36. The Bertz CT molecular complexity index is 468. The van der Waals surface area contributed by atoms with E-state index >= 15 is 0 Å². The van der Waals surface area contributed by atoms with Crippen LogP contribution >= 0.6 is 0 Å². The van der Waals surface area contributed by atoms with E-state index in [1.165, 1.54) is 28.9 Å². The Morgan fingerprint density at radius 1 is 1.09 bits per heavy atom. The van der Waals surface area contributed by atoms with Crippen LogP contribution in [0.4, 0.5) is 0 Å². The van der Waals surface area contributed by atoms with E-state index < -0.39 is 0 Å². The Kier molecular flexibility index (Phi) is 12.8. The first-order valence-corrected chi connectivity index (χ1v) is 11.9. The maximum absolute atomic E-state index is 3.88. The summed E-state index contributed by atoms with van der Waals surface area (Å²) in [5, 5.41) is 0. The molecule has 0 nitrogen and oxygen atoms in total. The van der Waals surface area contributed by atoms with E-state index in [9.17, 15) is 0 Å². The molecule has 1 unspecified atom stereocenters. The number of rotatable bonds is 5. The van der Waals surface area contributed by atoms with Crippen molar-refractivity contribution in [2.75, 3.05) is 0 Å². The molecule has 0 N–H and O–H groups in total. The zero-order chi connectivity index (χ0) is 15.2. The van der Waals surface area contributed by atoms with Gasteiger partial charge in [-0.25, -0.2) is 5.57 Å². The molecule has 0 aliphatic heterocycles. The molecule has 0 amide bonds. The fraction of sp³-hybridized carbons (Fsp3) is 0.500. The molecule has 0 heterocycles. The van der Waals surface area contributed by atoms with E-state index in [-0.39, 0.29) is 20.3 Å². The third kappa shape index (κ3) is 4.32. The molecule has 0 saturated carbocycles. The summed E-state index contributed by atoms with van der Waals surface area (Å²) in [5.41, 5.74) is 6.38. The van der Waals surface area contributed by atoms with E-state index in [4.69, 9.17) is 0 Å². The first-order chi connectivity index (χ1) is 9.73. The van der Waals surface area contributed by atoms with Crippen molar-refractivity contribution in [1.29, 1.82) is 0 Å². The van der Waals surface area contributed by atoms with Crippen molar-refractivity contribution in [3.8, 4) is 0 Å². The molecule has 0 spiro atoms. The van der Waals surface area contributed by atoms with Gasteiger partial charge in [0.25, 0.3) is 0 Å². The van der Waals surface area contributed by atoms with Gasteiger partial charge in [-0.3, -0.25) is 6.08 Å². The van der Waals surface area contributed by atoms with Crippen molar-refractivity contribution in [3.05, 3.63) is 61.4 Å². The Morgan fingerprint density at radius 3 is 2.09 bits per heavy atom. The predicted molar refractivity (Wildman–Crippen MR) is 97.8 cm³/mol. The average molecular weight is 391 g/mol. The SMILES string of the molecule is CCC1=[C-]C(CC)(C2=CC=CC2)C(CC)=C1CC.[CH3-].[CH3-].[Si]=[Zr]. The van der Waals surface area contributed by atoms with Crippen molar-refractivity contribution < 1.29 is 23.3 Å². The summed E-state index contributed by atoms with van der Waals surface area (Å²) in [4.78, 5) is 0. The number of hydrogen-bond donors (Lipinski definition) is 0. The molecule has 0 saturated heterocycles. The Hall–Kier alpha value is 0.0600. The minimum atomic E-state index is 0. The second-order valence-corrected chi connectivity index (χ2v) is 5.20. The molecule has 0 fully saturated rings. The van der Waals surface area contributed by atoms with Crippen molar-refractivity contribution in [2.45, 2.75) is 59.8 Å². The van der Waals surface area contributed by atoms with Crippen LogP contribution in [0.2, 0.25) is 0 Å². The van der Waals surface area contributed by atoms with Gasteiger partial charge in [0.2, 0.25) is 0 Å². The predicted octanol–water partition coefficient (Wildman–Crippen LogP) is 6.06. The maximum atomic E-state index is 3.88. The zero-order valence-electron chi connectivity index (χ0n) is 15.3. The van der Waals surface area contributed by atoms with E-state index in [0.717, 1.165) is 32.1 Å². The Labute approximate surface area is 156 Å². The Balaban J connectivity index is 0. The molecule has 0 bridgehead atoms. The van der Waals surface area contributed by atoms with Crippen LogP contribution < -0.4 is 0 Å². The van der Waals surface area contributed by atoms with Gasteiger partial charge in [0.1, 0.15) is 0 Å². The third-order valence-electron chi connectivity index (χ3n) is 4.52. The van der Waals surface area contributed by atoms with Crippen molar-refractivity contribution >= 4 is 6.88 Å². The zero-order valence-corrected chi connectivity index (χ0v) is 18.7. The van der Waals surface area contributed by atoms with Gasteiger partial charge < -0.3 is 14.9 Å². The summed E-state index contributed by atoms with van der Waals surface area (Å²) in [6.07, 6.45) is 16.4. The molecular weight excluding hydrogens is 360 g/mol. The molecule has 22 heavy (non-hydrogen) atoms. The topological polar surface area (TPSA) is 0 Å². The van der Waals surface area contributed by atoms with E-state index in [0.29, 0.717) is 0 Å². The number of hydrogen-bond acceptors (Lipinski definition) is 0. The molecular formula is C20H31SiZr-3. The van der Waals surface area contributed by atoms with Crippen LogP contribution in [0.5, 0.6) is 0 Å². The summed E-state index contributed by atoms with van der Waals surface area (Å²) in [5.74, 6) is 0. The molecule has 0 aromatic carbocycles. The van der Waals surface area contributed by atoms with Crippen molar-refractivity contribution in [2.24, 2.45) is 5.41 Å². The second-order valence-electron chi connectivity index (χ2n) is 5.20. The van der Waals surface area contributed by atoms with Gasteiger partial charge in [-0.2, -0.15) is 11.1 Å². The average Bonchev–Trinajstić information content (AvgIpc) is 3.14. The molecule has 2 rings (SSSR count). The fourth-order valence-electron chi connectivity index (χ4n) is 3.66. The molecule has 2 aliphatic carbocycles. The minimum absolute atomic E-state index is 0. The van der Waals surface area contributed by atoms with Gasteiger partial charge in [0, 0.05) is 0 Å². The molecule has 1 atom stereocenters. The van der Waals surface area contributed by atoms with Gasteiger partial charge in [-0.05, 0) is 6.42 Å². The second kappa shape index (κ2) is 11.6. The summed E-state index contributed by atoms with van der Waals surface area (Å²) in [7, 11) is 0.